The Bertz CT molecular complexity index is 898. The third-order valence-electron chi connectivity index (χ3n) is 3.42. The minimum atomic E-state index is -0.262. The van der Waals surface area contributed by atoms with Gasteiger partial charge in [0.15, 0.2) is 0 Å². The molecule has 114 valence electrons. The third-order valence-corrected chi connectivity index (χ3v) is 3.99. The number of amides is 1. The van der Waals surface area contributed by atoms with Gasteiger partial charge in [-0.1, -0.05) is 65.7 Å². The SMILES string of the molecule is O=C(C=Cc1cccc2ccccc12)Nc1cc(Cl)ccc1Cl. The molecule has 1 N–H and O–H groups in total. The minimum absolute atomic E-state index is 0.262. The highest BCUT2D eigenvalue weighted by molar-refractivity contribution is 6.35. The molecule has 1 amide bonds. The summed E-state index contributed by atoms with van der Waals surface area (Å²) in [5, 5.41) is 5.92. The fourth-order valence-corrected chi connectivity index (χ4v) is 2.67. The number of nitrogens with one attached hydrogen (secondary N) is 1. The zero-order valence-electron chi connectivity index (χ0n) is 12.1. The second-order valence-corrected chi connectivity index (χ2v) is 5.86. The van der Waals surface area contributed by atoms with Crippen LogP contribution in [0.1, 0.15) is 5.56 Å². The fraction of sp³-hybridized carbons (Fsp3) is 0. The molecule has 3 aromatic carbocycles. The highest BCUT2D eigenvalue weighted by Crippen LogP contribution is 2.25. The number of anilines is 1. The van der Waals surface area contributed by atoms with Crippen LogP contribution in [0, 0.1) is 0 Å². The largest absolute Gasteiger partial charge is 0.321 e. The van der Waals surface area contributed by atoms with Crippen LogP contribution in [0.3, 0.4) is 0 Å². The molecule has 23 heavy (non-hydrogen) atoms. The summed E-state index contributed by atoms with van der Waals surface area (Å²) in [5.41, 5.74) is 1.47. The van der Waals surface area contributed by atoms with Gasteiger partial charge in [-0.3, -0.25) is 4.79 Å². The van der Waals surface area contributed by atoms with Crippen LogP contribution in [0.25, 0.3) is 16.8 Å². The second-order valence-electron chi connectivity index (χ2n) is 5.02. The molecule has 0 fully saturated rings. The smallest absolute Gasteiger partial charge is 0.248 e. The lowest BCUT2D eigenvalue weighted by Crippen LogP contribution is -2.08. The first-order valence-electron chi connectivity index (χ1n) is 7.05. The number of carbonyl (C=O) groups excluding carboxylic acids is 1. The molecule has 0 bridgehead atoms. The molecule has 0 unspecified atom stereocenters. The number of rotatable bonds is 3. The summed E-state index contributed by atoms with van der Waals surface area (Å²) in [6.07, 6.45) is 3.27. The summed E-state index contributed by atoms with van der Waals surface area (Å²) in [5.74, 6) is -0.262. The molecule has 0 aromatic heterocycles. The van der Waals surface area contributed by atoms with Gasteiger partial charge in [-0.05, 0) is 40.6 Å². The summed E-state index contributed by atoms with van der Waals surface area (Å²) < 4.78 is 0. The Morgan fingerprint density at radius 3 is 2.61 bits per heavy atom. The number of hydrogen-bond acceptors (Lipinski definition) is 1. The van der Waals surface area contributed by atoms with Crippen LogP contribution < -0.4 is 5.32 Å². The van der Waals surface area contributed by atoms with Gasteiger partial charge in [0.2, 0.25) is 5.91 Å². The molecule has 2 nitrogen and oxygen atoms in total. The molecule has 0 saturated carbocycles. The van der Waals surface area contributed by atoms with Gasteiger partial charge in [-0.15, -0.1) is 0 Å². The van der Waals surface area contributed by atoms with E-state index >= 15 is 0 Å². The molecule has 0 aliphatic heterocycles. The molecule has 0 aliphatic carbocycles. The molecule has 3 rings (SSSR count). The topological polar surface area (TPSA) is 29.1 Å². The van der Waals surface area contributed by atoms with Gasteiger partial charge in [0, 0.05) is 11.1 Å². The Morgan fingerprint density at radius 1 is 0.957 bits per heavy atom. The maximum Gasteiger partial charge on any atom is 0.248 e. The van der Waals surface area contributed by atoms with Crippen LogP contribution in [0.5, 0.6) is 0 Å². The van der Waals surface area contributed by atoms with Crippen molar-refractivity contribution in [3.8, 4) is 0 Å². The van der Waals surface area contributed by atoms with E-state index in [9.17, 15) is 4.79 Å². The Hall–Kier alpha value is -2.29. The Labute approximate surface area is 144 Å². The van der Waals surface area contributed by atoms with E-state index in [-0.39, 0.29) is 5.91 Å². The fourth-order valence-electron chi connectivity index (χ4n) is 2.33. The molecule has 0 atom stereocenters. The second kappa shape index (κ2) is 6.86. The molecule has 0 spiro atoms. The van der Waals surface area contributed by atoms with Crippen LogP contribution in [0.2, 0.25) is 10.0 Å². The maximum atomic E-state index is 12.1. The average molecular weight is 342 g/mol. The summed E-state index contributed by atoms with van der Waals surface area (Å²) in [6.45, 7) is 0. The average Bonchev–Trinajstić information content (AvgIpc) is 2.56. The lowest BCUT2D eigenvalue weighted by Gasteiger charge is -2.05. The first-order chi connectivity index (χ1) is 11.1. The standard InChI is InChI=1S/C19H13Cl2NO/c20-15-9-10-17(21)18(12-15)22-19(23)11-8-14-6-3-5-13-4-1-2-7-16(13)14/h1-12H,(H,22,23). The lowest BCUT2D eigenvalue weighted by atomic mass is 10.0. The van der Waals surface area contributed by atoms with E-state index in [1.807, 2.05) is 42.5 Å². The molecular formula is C19H13Cl2NO. The quantitative estimate of drug-likeness (QED) is 0.599. The van der Waals surface area contributed by atoms with Gasteiger partial charge >= 0.3 is 0 Å². The molecule has 0 aliphatic rings. The Kier molecular flexibility index (Phi) is 4.65. The Balaban J connectivity index is 1.82. The first kappa shape index (κ1) is 15.6. The van der Waals surface area contributed by atoms with E-state index in [0.29, 0.717) is 15.7 Å². The van der Waals surface area contributed by atoms with Gasteiger partial charge in [0.05, 0.1) is 10.7 Å². The van der Waals surface area contributed by atoms with Crippen LogP contribution in [-0.4, -0.2) is 5.91 Å². The predicted molar refractivity (Wildman–Crippen MR) is 98.1 cm³/mol. The van der Waals surface area contributed by atoms with Gasteiger partial charge in [-0.2, -0.15) is 0 Å². The van der Waals surface area contributed by atoms with Crippen molar-refractivity contribution in [3.05, 3.63) is 82.3 Å². The number of carbonyl (C=O) groups is 1. The number of hydrogen-bond donors (Lipinski definition) is 1. The van der Waals surface area contributed by atoms with Crippen molar-refractivity contribution < 1.29 is 4.79 Å². The van der Waals surface area contributed by atoms with Gasteiger partial charge in [0.1, 0.15) is 0 Å². The van der Waals surface area contributed by atoms with E-state index in [4.69, 9.17) is 23.2 Å². The van der Waals surface area contributed by atoms with E-state index < -0.39 is 0 Å². The van der Waals surface area contributed by atoms with Gasteiger partial charge in [-0.25, -0.2) is 0 Å². The van der Waals surface area contributed by atoms with Crippen LogP contribution in [0.15, 0.2) is 66.7 Å². The van der Waals surface area contributed by atoms with Gasteiger partial charge in [0.25, 0.3) is 0 Å². The number of benzene rings is 3. The highest BCUT2D eigenvalue weighted by Gasteiger charge is 2.04. The molecule has 0 saturated heterocycles. The van der Waals surface area contributed by atoms with E-state index in [2.05, 4.69) is 5.32 Å². The van der Waals surface area contributed by atoms with E-state index in [0.717, 1.165) is 16.3 Å². The monoisotopic (exact) mass is 341 g/mol. The third kappa shape index (κ3) is 3.73. The minimum Gasteiger partial charge on any atom is -0.321 e. The number of halogens is 2. The number of fused-ring (bicyclic) bond motifs is 1. The highest BCUT2D eigenvalue weighted by atomic mass is 35.5. The normalized spacial score (nSPS) is 11.0. The molecule has 3 aromatic rings. The zero-order chi connectivity index (χ0) is 16.2. The summed E-state index contributed by atoms with van der Waals surface area (Å²) in [7, 11) is 0. The molecule has 4 heteroatoms. The van der Waals surface area contributed by atoms with Crippen molar-refractivity contribution in [2.75, 3.05) is 5.32 Å². The van der Waals surface area contributed by atoms with Gasteiger partial charge < -0.3 is 5.32 Å². The van der Waals surface area contributed by atoms with Crippen molar-refractivity contribution in [2.24, 2.45) is 0 Å². The Morgan fingerprint density at radius 2 is 1.74 bits per heavy atom. The lowest BCUT2D eigenvalue weighted by molar-refractivity contribution is -0.111. The maximum absolute atomic E-state index is 12.1. The van der Waals surface area contributed by atoms with Crippen molar-refractivity contribution in [1.82, 2.24) is 0 Å². The van der Waals surface area contributed by atoms with Crippen LogP contribution >= 0.6 is 23.2 Å². The van der Waals surface area contributed by atoms with Crippen LogP contribution in [-0.2, 0) is 4.79 Å². The van der Waals surface area contributed by atoms with E-state index in [1.165, 1.54) is 6.08 Å². The van der Waals surface area contributed by atoms with Crippen molar-refractivity contribution in [3.63, 3.8) is 0 Å². The van der Waals surface area contributed by atoms with Crippen molar-refractivity contribution in [1.29, 1.82) is 0 Å². The predicted octanol–water partition coefficient (Wildman–Crippen LogP) is 5.80. The summed E-state index contributed by atoms with van der Waals surface area (Å²) in [4.78, 5) is 12.1. The molecule has 0 radical (unpaired) electrons. The van der Waals surface area contributed by atoms with Crippen molar-refractivity contribution in [2.45, 2.75) is 0 Å². The summed E-state index contributed by atoms with van der Waals surface area (Å²) in [6, 6.07) is 19.0. The molecular weight excluding hydrogens is 329 g/mol. The zero-order valence-corrected chi connectivity index (χ0v) is 13.6. The van der Waals surface area contributed by atoms with Crippen molar-refractivity contribution >= 4 is 51.6 Å². The molecule has 0 heterocycles. The van der Waals surface area contributed by atoms with Crippen LogP contribution in [0.4, 0.5) is 5.69 Å². The summed E-state index contributed by atoms with van der Waals surface area (Å²) >= 11 is 11.9. The van der Waals surface area contributed by atoms with E-state index in [1.54, 1.807) is 24.3 Å². The first-order valence-corrected chi connectivity index (χ1v) is 7.81.